The van der Waals surface area contributed by atoms with Crippen molar-refractivity contribution in [1.82, 2.24) is 0 Å². The van der Waals surface area contributed by atoms with Crippen LogP contribution in [0.25, 0.3) is 0 Å². The van der Waals surface area contributed by atoms with Crippen LogP contribution in [-0.2, 0) is 0 Å². The molecule has 0 saturated heterocycles. The maximum atomic E-state index is 4.06. The Labute approximate surface area is 87.9 Å². The van der Waals surface area contributed by atoms with Gasteiger partial charge in [-0.15, -0.1) is 0 Å². The molecule has 0 aromatic heterocycles. The number of rotatable bonds is 8. The molecule has 12 heavy (non-hydrogen) atoms. The molecule has 0 unspecified atom stereocenters. The average molecular weight is 282 g/mol. The zero-order valence-electron chi connectivity index (χ0n) is 8.57. The molecule has 0 aromatic rings. The van der Waals surface area contributed by atoms with Gasteiger partial charge in [-0.3, -0.25) is 0 Å². The summed E-state index contributed by atoms with van der Waals surface area (Å²) in [5.74, 6) is 0. The molecule has 0 heterocycles. The SMILES string of the molecule is C=C(CCCCCCCC)[Te]C. The van der Waals surface area contributed by atoms with Crippen LogP contribution in [0.5, 0.6) is 0 Å². The molecule has 0 saturated carbocycles. The molecule has 0 radical (unpaired) electrons. The maximum absolute atomic E-state index is 4.06. The average Bonchev–Trinajstić information content (AvgIpc) is 2.10. The molecule has 0 bridgehead atoms. The third-order valence-corrected chi connectivity index (χ3v) is 4.33. The normalized spacial score (nSPS) is 10.2. The zero-order valence-corrected chi connectivity index (χ0v) is 10.9. The fourth-order valence-corrected chi connectivity index (χ4v) is 2.20. The van der Waals surface area contributed by atoms with Gasteiger partial charge in [0.15, 0.2) is 0 Å². The third kappa shape index (κ3) is 8.62. The molecule has 0 aliphatic heterocycles. The first-order valence-electron chi connectivity index (χ1n) is 5.03. The van der Waals surface area contributed by atoms with Gasteiger partial charge in [0.1, 0.15) is 0 Å². The van der Waals surface area contributed by atoms with E-state index in [9.17, 15) is 0 Å². The summed E-state index contributed by atoms with van der Waals surface area (Å²) < 4.78 is 1.55. The van der Waals surface area contributed by atoms with Gasteiger partial charge in [0.25, 0.3) is 0 Å². The first-order chi connectivity index (χ1) is 5.81. The van der Waals surface area contributed by atoms with Crippen molar-refractivity contribution in [3.05, 3.63) is 10.2 Å². The predicted molar refractivity (Wildman–Crippen MR) is 58.8 cm³/mol. The second-order valence-electron chi connectivity index (χ2n) is 3.26. The fourth-order valence-electron chi connectivity index (χ4n) is 1.20. The van der Waals surface area contributed by atoms with Gasteiger partial charge >= 0.3 is 88.0 Å². The van der Waals surface area contributed by atoms with Gasteiger partial charge in [-0.2, -0.15) is 0 Å². The van der Waals surface area contributed by atoms with Crippen molar-refractivity contribution in [2.24, 2.45) is 0 Å². The van der Waals surface area contributed by atoms with Crippen LogP contribution in [0, 0.1) is 0 Å². The van der Waals surface area contributed by atoms with E-state index in [2.05, 4.69) is 18.5 Å². The standard InChI is InChI=1S/C11H22Te/c1-4-5-6-7-8-9-10-11(2)12-3/h2,4-10H2,1,3H3. The summed E-state index contributed by atoms with van der Waals surface area (Å²) in [6.07, 6.45) is 9.77. The topological polar surface area (TPSA) is 0 Å². The predicted octanol–water partition coefficient (Wildman–Crippen LogP) is 4.00. The summed E-state index contributed by atoms with van der Waals surface area (Å²) in [5, 5.41) is 0. The summed E-state index contributed by atoms with van der Waals surface area (Å²) in [6.45, 7) is 6.33. The molecule has 0 aliphatic carbocycles. The summed E-state index contributed by atoms with van der Waals surface area (Å²) in [7, 11) is 0. The van der Waals surface area contributed by atoms with Crippen molar-refractivity contribution in [2.45, 2.75) is 56.8 Å². The van der Waals surface area contributed by atoms with Crippen LogP contribution >= 0.6 is 0 Å². The summed E-state index contributed by atoms with van der Waals surface area (Å²) in [4.78, 5) is 2.32. The van der Waals surface area contributed by atoms with Crippen LogP contribution in [0.15, 0.2) is 10.2 Å². The van der Waals surface area contributed by atoms with Gasteiger partial charge in [-0.25, -0.2) is 0 Å². The van der Waals surface area contributed by atoms with E-state index in [1.165, 1.54) is 44.9 Å². The van der Waals surface area contributed by atoms with E-state index in [0.29, 0.717) is 0 Å². The van der Waals surface area contributed by atoms with E-state index in [-0.39, 0.29) is 20.9 Å². The Hall–Kier alpha value is 0.530. The van der Waals surface area contributed by atoms with Crippen LogP contribution in [0.2, 0.25) is 4.97 Å². The number of unbranched alkanes of at least 4 members (excludes halogenated alkanes) is 5. The van der Waals surface area contributed by atoms with Gasteiger partial charge in [0.05, 0.1) is 0 Å². The number of allylic oxidation sites excluding steroid dienone is 1. The second-order valence-corrected chi connectivity index (χ2v) is 6.07. The molecule has 0 aromatic carbocycles. The van der Waals surface area contributed by atoms with E-state index in [1.807, 2.05) is 0 Å². The van der Waals surface area contributed by atoms with E-state index in [0.717, 1.165) is 0 Å². The molecular weight excluding hydrogens is 260 g/mol. The number of hydrogen-bond acceptors (Lipinski definition) is 0. The second kappa shape index (κ2) is 9.62. The molecule has 0 amide bonds. The van der Waals surface area contributed by atoms with Crippen LogP contribution in [0.4, 0.5) is 0 Å². The summed E-state index contributed by atoms with van der Waals surface area (Å²) >= 11 is 0.168. The van der Waals surface area contributed by atoms with Gasteiger partial charge in [0, 0.05) is 0 Å². The third-order valence-electron chi connectivity index (χ3n) is 2.10. The van der Waals surface area contributed by atoms with Gasteiger partial charge < -0.3 is 0 Å². The Morgan fingerprint density at radius 1 is 1.08 bits per heavy atom. The Morgan fingerprint density at radius 3 is 2.25 bits per heavy atom. The number of hydrogen-bond donors (Lipinski definition) is 0. The van der Waals surface area contributed by atoms with E-state index in [4.69, 9.17) is 0 Å². The van der Waals surface area contributed by atoms with Crippen molar-refractivity contribution in [3.8, 4) is 0 Å². The van der Waals surface area contributed by atoms with Crippen LogP contribution in [0.1, 0.15) is 51.9 Å². The van der Waals surface area contributed by atoms with Crippen molar-refractivity contribution >= 4 is 20.9 Å². The Bertz CT molecular complexity index is 108. The monoisotopic (exact) mass is 284 g/mol. The van der Waals surface area contributed by atoms with Crippen molar-refractivity contribution in [2.75, 3.05) is 0 Å². The molecule has 0 N–H and O–H groups in total. The van der Waals surface area contributed by atoms with Crippen LogP contribution in [0.3, 0.4) is 0 Å². The van der Waals surface area contributed by atoms with Crippen molar-refractivity contribution in [3.63, 3.8) is 0 Å². The van der Waals surface area contributed by atoms with E-state index < -0.39 is 0 Å². The molecular formula is C11H22Te. The quantitative estimate of drug-likeness (QED) is 0.466. The first kappa shape index (κ1) is 12.5. The van der Waals surface area contributed by atoms with Crippen molar-refractivity contribution in [1.29, 1.82) is 0 Å². The summed E-state index contributed by atoms with van der Waals surface area (Å²) in [6, 6.07) is 0. The van der Waals surface area contributed by atoms with Gasteiger partial charge in [0.2, 0.25) is 0 Å². The molecule has 0 aliphatic rings. The van der Waals surface area contributed by atoms with Gasteiger partial charge in [-0.1, -0.05) is 0 Å². The molecule has 72 valence electrons. The minimum atomic E-state index is 0.168. The van der Waals surface area contributed by atoms with Crippen LogP contribution in [-0.4, -0.2) is 20.9 Å². The van der Waals surface area contributed by atoms with E-state index >= 15 is 0 Å². The Morgan fingerprint density at radius 2 is 1.67 bits per heavy atom. The fraction of sp³-hybridized carbons (Fsp3) is 0.818. The molecule has 0 nitrogen and oxygen atoms in total. The van der Waals surface area contributed by atoms with E-state index in [1.54, 1.807) is 3.62 Å². The molecule has 0 fully saturated rings. The summed E-state index contributed by atoms with van der Waals surface area (Å²) in [5.41, 5.74) is 0. The Kier molecular flexibility index (Phi) is 10.0. The minimum absolute atomic E-state index is 0.168. The van der Waals surface area contributed by atoms with Gasteiger partial charge in [-0.05, 0) is 0 Å². The van der Waals surface area contributed by atoms with Crippen molar-refractivity contribution < 1.29 is 0 Å². The Balaban J connectivity index is 2.95. The van der Waals surface area contributed by atoms with Crippen LogP contribution < -0.4 is 0 Å². The first-order valence-corrected chi connectivity index (χ1v) is 8.52. The zero-order chi connectivity index (χ0) is 9.23. The molecule has 1 heteroatoms. The molecule has 0 atom stereocenters. The molecule has 0 rings (SSSR count). The molecule has 0 spiro atoms.